The molecule has 2 heterocycles. The first-order chi connectivity index (χ1) is 9.19. The van der Waals surface area contributed by atoms with Gasteiger partial charge in [0.25, 0.3) is 0 Å². The highest BCUT2D eigenvalue weighted by Gasteiger charge is 2.39. The number of terminal acetylenes is 1. The van der Waals surface area contributed by atoms with Crippen LogP contribution in [-0.2, 0) is 14.3 Å². The standard InChI is InChI=1S/C13H19N3O3/c1-3-4-6-13(15-16-13)7-5-12(17)14-10-8-19-9-11(10)18-2/h1,10-11H,4-9H2,2H3,(H,14,17)/t10-,11-/m1/s1. The van der Waals surface area contributed by atoms with E-state index in [0.29, 0.717) is 32.5 Å². The fraction of sp³-hybridized carbons (Fsp3) is 0.769. The summed E-state index contributed by atoms with van der Waals surface area (Å²) in [5.41, 5.74) is -0.392. The number of methoxy groups -OCH3 is 1. The molecule has 6 heteroatoms. The fourth-order valence-electron chi connectivity index (χ4n) is 2.16. The summed E-state index contributed by atoms with van der Waals surface area (Å²) < 4.78 is 10.5. The topological polar surface area (TPSA) is 72.3 Å². The average Bonchev–Trinajstić information content (AvgIpc) is 3.06. The minimum absolute atomic E-state index is 0.0186. The van der Waals surface area contributed by atoms with Crippen molar-refractivity contribution in [3.05, 3.63) is 0 Å². The number of rotatable bonds is 7. The summed E-state index contributed by atoms with van der Waals surface area (Å²) in [7, 11) is 1.62. The van der Waals surface area contributed by atoms with Crippen LogP contribution in [0.3, 0.4) is 0 Å². The van der Waals surface area contributed by atoms with Crippen LogP contribution in [0, 0.1) is 12.3 Å². The quantitative estimate of drug-likeness (QED) is 0.694. The van der Waals surface area contributed by atoms with Crippen LogP contribution in [0.15, 0.2) is 10.2 Å². The summed E-state index contributed by atoms with van der Waals surface area (Å²) in [5, 5.41) is 10.9. The van der Waals surface area contributed by atoms with E-state index < -0.39 is 5.66 Å². The van der Waals surface area contributed by atoms with Crippen LogP contribution in [-0.4, -0.2) is 44.0 Å². The van der Waals surface area contributed by atoms with Gasteiger partial charge in [-0.1, -0.05) is 0 Å². The van der Waals surface area contributed by atoms with E-state index in [1.165, 1.54) is 0 Å². The van der Waals surface area contributed by atoms with E-state index in [4.69, 9.17) is 15.9 Å². The Balaban J connectivity index is 1.69. The lowest BCUT2D eigenvalue weighted by Crippen LogP contribution is -2.43. The molecule has 6 nitrogen and oxygen atoms in total. The molecule has 1 saturated heterocycles. The van der Waals surface area contributed by atoms with Crippen molar-refractivity contribution < 1.29 is 14.3 Å². The number of carbonyl (C=O) groups excluding carboxylic acids is 1. The van der Waals surface area contributed by atoms with Crippen molar-refractivity contribution in [2.75, 3.05) is 20.3 Å². The van der Waals surface area contributed by atoms with E-state index in [0.717, 1.165) is 6.42 Å². The van der Waals surface area contributed by atoms with E-state index in [1.54, 1.807) is 7.11 Å². The van der Waals surface area contributed by atoms with Crippen molar-refractivity contribution in [2.24, 2.45) is 10.2 Å². The molecule has 2 aliphatic heterocycles. The predicted molar refractivity (Wildman–Crippen MR) is 68.4 cm³/mol. The first-order valence-electron chi connectivity index (χ1n) is 6.46. The number of nitrogens with one attached hydrogen (secondary N) is 1. The fourth-order valence-corrected chi connectivity index (χ4v) is 2.16. The van der Waals surface area contributed by atoms with E-state index in [2.05, 4.69) is 21.5 Å². The number of carbonyl (C=O) groups is 1. The SMILES string of the molecule is C#CCCC1(CCC(=O)N[C@@H]2COC[C@H]2OC)N=N1. The highest BCUT2D eigenvalue weighted by Crippen LogP contribution is 2.37. The van der Waals surface area contributed by atoms with Gasteiger partial charge in [0.2, 0.25) is 5.91 Å². The maximum absolute atomic E-state index is 11.9. The molecule has 1 amide bonds. The molecule has 0 bridgehead atoms. The molecule has 2 rings (SSSR count). The van der Waals surface area contributed by atoms with Gasteiger partial charge in [0.05, 0.1) is 19.3 Å². The predicted octanol–water partition coefficient (Wildman–Crippen LogP) is 0.872. The smallest absolute Gasteiger partial charge is 0.220 e. The summed E-state index contributed by atoms with van der Waals surface area (Å²) in [6.07, 6.45) is 7.53. The Kier molecular flexibility index (Phi) is 4.51. The molecule has 0 aromatic rings. The van der Waals surface area contributed by atoms with E-state index in [1.807, 2.05) is 0 Å². The summed E-state index contributed by atoms with van der Waals surface area (Å²) >= 11 is 0. The summed E-state index contributed by atoms with van der Waals surface area (Å²) in [6.45, 7) is 1.03. The monoisotopic (exact) mass is 265 g/mol. The van der Waals surface area contributed by atoms with Crippen molar-refractivity contribution in [3.63, 3.8) is 0 Å². The molecule has 2 aliphatic rings. The van der Waals surface area contributed by atoms with Gasteiger partial charge in [-0.15, -0.1) is 12.3 Å². The van der Waals surface area contributed by atoms with Gasteiger partial charge in [0, 0.05) is 32.8 Å². The third-order valence-corrected chi connectivity index (χ3v) is 3.48. The Morgan fingerprint density at radius 3 is 2.95 bits per heavy atom. The zero-order valence-corrected chi connectivity index (χ0v) is 11.1. The third-order valence-electron chi connectivity index (χ3n) is 3.48. The summed E-state index contributed by atoms with van der Waals surface area (Å²) in [4.78, 5) is 11.9. The molecular formula is C13H19N3O3. The van der Waals surface area contributed by atoms with Crippen molar-refractivity contribution >= 4 is 5.91 Å². The number of hydrogen-bond acceptors (Lipinski definition) is 5. The lowest BCUT2D eigenvalue weighted by atomic mass is 10.0. The largest absolute Gasteiger partial charge is 0.377 e. The lowest BCUT2D eigenvalue weighted by Gasteiger charge is -2.18. The van der Waals surface area contributed by atoms with Gasteiger partial charge < -0.3 is 14.8 Å². The van der Waals surface area contributed by atoms with Gasteiger partial charge in [-0.3, -0.25) is 4.79 Å². The maximum atomic E-state index is 11.9. The Labute approximate surface area is 112 Å². The van der Waals surface area contributed by atoms with E-state index in [-0.39, 0.29) is 18.1 Å². The second-order valence-corrected chi connectivity index (χ2v) is 4.87. The van der Waals surface area contributed by atoms with Crippen molar-refractivity contribution in [1.29, 1.82) is 0 Å². The van der Waals surface area contributed by atoms with E-state index >= 15 is 0 Å². The minimum Gasteiger partial charge on any atom is -0.377 e. The lowest BCUT2D eigenvalue weighted by molar-refractivity contribution is -0.122. The molecule has 104 valence electrons. The molecule has 0 aromatic carbocycles. The van der Waals surface area contributed by atoms with Crippen LogP contribution in [0.5, 0.6) is 0 Å². The molecule has 1 N–H and O–H groups in total. The van der Waals surface area contributed by atoms with Crippen molar-refractivity contribution in [3.8, 4) is 12.3 Å². The molecule has 1 fully saturated rings. The zero-order valence-electron chi connectivity index (χ0n) is 11.1. The number of amides is 1. The van der Waals surface area contributed by atoms with Crippen LogP contribution in [0.25, 0.3) is 0 Å². The van der Waals surface area contributed by atoms with Gasteiger partial charge in [-0.05, 0) is 0 Å². The normalized spacial score (nSPS) is 26.9. The van der Waals surface area contributed by atoms with Crippen LogP contribution < -0.4 is 5.32 Å². The summed E-state index contributed by atoms with van der Waals surface area (Å²) in [6, 6.07) is -0.0627. The Bertz CT molecular complexity index is 396. The molecule has 0 spiro atoms. The van der Waals surface area contributed by atoms with Crippen LogP contribution >= 0.6 is 0 Å². The first kappa shape index (κ1) is 14.0. The van der Waals surface area contributed by atoms with Gasteiger partial charge >= 0.3 is 0 Å². The molecular weight excluding hydrogens is 246 g/mol. The second kappa shape index (κ2) is 6.13. The van der Waals surface area contributed by atoms with Crippen LogP contribution in [0.1, 0.15) is 25.7 Å². The third kappa shape index (κ3) is 3.75. The molecule has 19 heavy (non-hydrogen) atoms. The Hall–Kier alpha value is -1.45. The minimum atomic E-state index is -0.392. The Morgan fingerprint density at radius 2 is 2.32 bits per heavy atom. The molecule has 0 aliphatic carbocycles. The van der Waals surface area contributed by atoms with Crippen LogP contribution in [0.4, 0.5) is 0 Å². The molecule has 0 unspecified atom stereocenters. The van der Waals surface area contributed by atoms with Crippen molar-refractivity contribution in [2.45, 2.75) is 43.5 Å². The molecule has 0 saturated carbocycles. The first-order valence-corrected chi connectivity index (χ1v) is 6.46. The van der Waals surface area contributed by atoms with Crippen LogP contribution in [0.2, 0.25) is 0 Å². The molecule has 2 atom stereocenters. The highest BCUT2D eigenvalue weighted by atomic mass is 16.5. The second-order valence-electron chi connectivity index (χ2n) is 4.87. The van der Waals surface area contributed by atoms with Crippen molar-refractivity contribution in [1.82, 2.24) is 5.32 Å². The number of hydrogen-bond donors (Lipinski definition) is 1. The number of nitrogens with zero attached hydrogens (tertiary/aromatic N) is 2. The Morgan fingerprint density at radius 1 is 1.53 bits per heavy atom. The average molecular weight is 265 g/mol. The maximum Gasteiger partial charge on any atom is 0.220 e. The van der Waals surface area contributed by atoms with Gasteiger partial charge in [-0.2, -0.15) is 10.2 Å². The highest BCUT2D eigenvalue weighted by molar-refractivity contribution is 5.76. The van der Waals surface area contributed by atoms with Gasteiger partial charge in [0.1, 0.15) is 6.10 Å². The van der Waals surface area contributed by atoms with Gasteiger partial charge in [0.15, 0.2) is 5.66 Å². The zero-order chi connectivity index (χ0) is 13.7. The number of ether oxygens (including phenoxy) is 2. The molecule has 0 radical (unpaired) electrons. The molecule has 0 aromatic heterocycles. The summed E-state index contributed by atoms with van der Waals surface area (Å²) in [5.74, 6) is 2.55. The van der Waals surface area contributed by atoms with E-state index in [9.17, 15) is 4.79 Å². The van der Waals surface area contributed by atoms with Gasteiger partial charge in [-0.25, -0.2) is 0 Å².